The van der Waals surface area contributed by atoms with Crippen LogP contribution < -0.4 is 10.1 Å². The van der Waals surface area contributed by atoms with E-state index in [0.29, 0.717) is 5.75 Å². The van der Waals surface area contributed by atoms with E-state index in [0.717, 1.165) is 33.9 Å². The SMILES string of the molecule is O=C(COc1ccc2nsnc2c1)NC(c1ccccc1)c1cccnc1. The average molecular weight is 376 g/mol. The normalized spacial score (nSPS) is 11.9. The lowest BCUT2D eigenvalue weighted by atomic mass is 10.0. The number of aromatic nitrogens is 3. The van der Waals surface area contributed by atoms with Gasteiger partial charge in [-0.15, -0.1) is 0 Å². The van der Waals surface area contributed by atoms with Gasteiger partial charge in [-0.2, -0.15) is 8.75 Å². The monoisotopic (exact) mass is 376 g/mol. The number of hydrogen-bond acceptors (Lipinski definition) is 6. The second-order valence-electron chi connectivity index (χ2n) is 5.90. The Morgan fingerprint density at radius 3 is 2.63 bits per heavy atom. The van der Waals surface area contributed by atoms with Crippen molar-refractivity contribution in [1.82, 2.24) is 19.0 Å². The number of rotatable bonds is 6. The lowest BCUT2D eigenvalue weighted by Gasteiger charge is -2.19. The highest BCUT2D eigenvalue weighted by Gasteiger charge is 2.17. The molecule has 1 atom stereocenters. The lowest BCUT2D eigenvalue weighted by Crippen LogP contribution is -2.33. The quantitative estimate of drug-likeness (QED) is 0.558. The molecule has 4 aromatic rings. The van der Waals surface area contributed by atoms with Crippen LogP contribution in [0.25, 0.3) is 11.0 Å². The number of benzene rings is 2. The Morgan fingerprint density at radius 1 is 1.00 bits per heavy atom. The fourth-order valence-corrected chi connectivity index (χ4v) is 3.27. The molecule has 0 spiro atoms. The van der Waals surface area contributed by atoms with Gasteiger partial charge in [0.25, 0.3) is 5.91 Å². The van der Waals surface area contributed by atoms with E-state index in [1.54, 1.807) is 24.5 Å². The molecule has 0 aliphatic heterocycles. The molecular weight excluding hydrogens is 360 g/mol. The first-order chi connectivity index (χ1) is 13.3. The maximum atomic E-state index is 12.5. The number of ether oxygens (including phenoxy) is 1. The van der Waals surface area contributed by atoms with Gasteiger partial charge < -0.3 is 10.1 Å². The van der Waals surface area contributed by atoms with E-state index in [1.165, 1.54) is 0 Å². The molecular formula is C20H16N4O2S. The number of fused-ring (bicyclic) bond motifs is 1. The molecule has 1 N–H and O–H groups in total. The van der Waals surface area contributed by atoms with Crippen LogP contribution in [0.1, 0.15) is 17.2 Å². The zero-order valence-corrected chi connectivity index (χ0v) is 15.1. The number of amides is 1. The van der Waals surface area contributed by atoms with E-state index in [2.05, 4.69) is 19.0 Å². The summed E-state index contributed by atoms with van der Waals surface area (Å²) in [5.74, 6) is 0.368. The van der Waals surface area contributed by atoms with Gasteiger partial charge >= 0.3 is 0 Å². The Bertz CT molecular complexity index is 998. The standard InChI is InChI=1S/C20H16N4O2S/c25-19(13-26-16-8-9-17-18(11-16)24-27-23-17)22-20(14-5-2-1-3-6-14)15-7-4-10-21-12-15/h1-12,20H,13H2,(H,22,25). The van der Waals surface area contributed by atoms with E-state index >= 15 is 0 Å². The third-order valence-electron chi connectivity index (χ3n) is 4.05. The molecule has 2 aromatic carbocycles. The van der Waals surface area contributed by atoms with Crippen LogP contribution in [-0.4, -0.2) is 26.2 Å². The van der Waals surface area contributed by atoms with Crippen LogP contribution in [-0.2, 0) is 4.79 Å². The summed E-state index contributed by atoms with van der Waals surface area (Å²) >= 11 is 1.15. The van der Waals surface area contributed by atoms with Crippen molar-refractivity contribution in [3.8, 4) is 5.75 Å². The number of carbonyl (C=O) groups is 1. The van der Waals surface area contributed by atoms with Gasteiger partial charge in [0.1, 0.15) is 16.8 Å². The van der Waals surface area contributed by atoms with Gasteiger partial charge in [0, 0.05) is 18.5 Å². The summed E-state index contributed by atoms with van der Waals surface area (Å²) in [6.45, 7) is -0.0906. The van der Waals surface area contributed by atoms with Crippen LogP contribution in [0.4, 0.5) is 0 Å². The number of nitrogens with zero attached hydrogens (tertiary/aromatic N) is 3. The van der Waals surface area contributed by atoms with Crippen molar-refractivity contribution in [3.05, 3.63) is 84.2 Å². The van der Waals surface area contributed by atoms with Gasteiger partial charge in [-0.05, 0) is 29.3 Å². The molecule has 0 radical (unpaired) electrons. The molecule has 0 bridgehead atoms. The summed E-state index contributed by atoms with van der Waals surface area (Å²) in [4.78, 5) is 16.7. The number of pyridine rings is 1. The molecule has 134 valence electrons. The Labute approximate surface area is 160 Å². The lowest BCUT2D eigenvalue weighted by molar-refractivity contribution is -0.123. The van der Waals surface area contributed by atoms with Crippen molar-refractivity contribution in [1.29, 1.82) is 0 Å². The van der Waals surface area contributed by atoms with Crippen LogP contribution in [0.3, 0.4) is 0 Å². The van der Waals surface area contributed by atoms with Gasteiger partial charge in [-0.1, -0.05) is 36.4 Å². The zero-order chi connectivity index (χ0) is 18.5. The summed E-state index contributed by atoms with van der Waals surface area (Å²) in [6.07, 6.45) is 3.46. The molecule has 0 aliphatic rings. The third kappa shape index (κ3) is 4.09. The van der Waals surface area contributed by atoms with Crippen LogP contribution >= 0.6 is 11.7 Å². The third-order valence-corrected chi connectivity index (χ3v) is 4.61. The van der Waals surface area contributed by atoms with Crippen LogP contribution in [0, 0.1) is 0 Å². The average Bonchev–Trinajstić information content (AvgIpc) is 3.20. The fraction of sp³-hybridized carbons (Fsp3) is 0.100. The first-order valence-electron chi connectivity index (χ1n) is 8.39. The van der Waals surface area contributed by atoms with Gasteiger partial charge in [0.15, 0.2) is 6.61 Å². The van der Waals surface area contributed by atoms with Gasteiger partial charge in [0.05, 0.1) is 17.8 Å². The smallest absolute Gasteiger partial charge is 0.258 e. The molecule has 4 rings (SSSR count). The first-order valence-corrected chi connectivity index (χ1v) is 9.12. The second-order valence-corrected chi connectivity index (χ2v) is 6.43. The molecule has 1 amide bonds. The minimum Gasteiger partial charge on any atom is -0.484 e. The maximum Gasteiger partial charge on any atom is 0.258 e. The molecule has 0 saturated heterocycles. The molecule has 0 fully saturated rings. The number of hydrogen-bond donors (Lipinski definition) is 1. The highest BCUT2D eigenvalue weighted by atomic mass is 32.1. The summed E-state index contributed by atoms with van der Waals surface area (Å²) in [7, 11) is 0. The highest BCUT2D eigenvalue weighted by molar-refractivity contribution is 7.00. The Balaban J connectivity index is 1.46. The number of carbonyl (C=O) groups excluding carboxylic acids is 1. The van der Waals surface area contributed by atoms with Crippen LogP contribution in [0.2, 0.25) is 0 Å². The molecule has 0 saturated carbocycles. The topological polar surface area (TPSA) is 77.0 Å². The molecule has 6 nitrogen and oxygen atoms in total. The Hall–Kier alpha value is -3.32. The second kappa shape index (κ2) is 7.92. The van der Waals surface area contributed by atoms with Gasteiger partial charge in [-0.25, -0.2) is 0 Å². The van der Waals surface area contributed by atoms with Crippen molar-refractivity contribution in [2.24, 2.45) is 0 Å². The summed E-state index contributed by atoms with van der Waals surface area (Å²) in [6, 6.07) is 18.7. The molecule has 7 heteroatoms. The van der Waals surface area contributed by atoms with Gasteiger partial charge in [0.2, 0.25) is 0 Å². The number of nitrogens with one attached hydrogen (secondary N) is 1. The van der Waals surface area contributed by atoms with Crippen molar-refractivity contribution >= 4 is 28.7 Å². The van der Waals surface area contributed by atoms with Crippen molar-refractivity contribution in [2.45, 2.75) is 6.04 Å². The first kappa shape index (κ1) is 17.1. The van der Waals surface area contributed by atoms with Crippen LogP contribution in [0.5, 0.6) is 5.75 Å². The maximum absolute atomic E-state index is 12.5. The molecule has 2 aromatic heterocycles. The molecule has 2 heterocycles. The van der Waals surface area contributed by atoms with E-state index in [1.807, 2.05) is 48.5 Å². The minimum absolute atomic E-state index is 0.0906. The van der Waals surface area contributed by atoms with E-state index in [-0.39, 0.29) is 18.6 Å². The van der Waals surface area contributed by atoms with Crippen LogP contribution in [0.15, 0.2) is 73.1 Å². The van der Waals surface area contributed by atoms with Gasteiger partial charge in [-0.3, -0.25) is 9.78 Å². The molecule has 0 aliphatic carbocycles. The zero-order valence-electron chi connectivity index (χ0n) is 14.3. The highest BCUT2D eigenvalue weighted by Crippen LogP contribution is 2.22. The Morgan fingerprint density at radius 2 is 1.81 bits per heavy atom. The molecule has 1 unspecified atom stereocenters. The summed E-state index contributed by atoms with van der Waals surface area (Å²) < 4.78 is 14.0. The Kier molecular flexibility index (Phi) is 5.02. The van der Waals surface area contributed by atoms with Crippen molar-refractivity contribution < 1.29 is 9.53 Å². The molecule has 27 heavy (non-hydrogen) atoms. The fourth-order valence-electron chi connectivity index (χ4n) is 2.75. The van der Waals surface area contributed by atoms with E-state index in [9.17, 15) is 4.79 Å². The summed E-state index contributed by atoms with van der Waals surface area (Å²) in [5.41, 5.74) is 3.47. The predicted octanol–water partition coefficient (Wildman–Crippen LogP) is 3.37. The van der Waals surface area contributed by atoms with Crippen molar-refractivity contribution in [2.75, 3.05) is 6.61 Å². The van der Waals surface area contributed by atoms with Crippen molar-refractivity contribution in [3.63, 3.8) is 0 Å². The summed E-state index contributed by atoms with van der Waals surface area (Å²) in [5, 5.41) is 3.02. The van der Waals surface area contributed by atoms with E-state index in [4.69, 9.17) is 4.74 Å². The van der Waals surface area contributed by atoms with E-state index < -0.39 is 0 Å². The predicted molar refractivity (Wildman–Crippen MR) is 104 cm³/mol. The minimum atomic E-state index is -0.291. The largest absolute Gasteiger partial charge is 0.484 e.